The van der Waals surface area contributed by atoms with Gasteiger partial charge >= 0.3 is 0 Å². The van der Waals surface area contributed by atoms with Crippen LogP contribution in [0.2, 0.25) is 0 Å². The molecule has 1 aromatic carbocycles. The molecule has 1 atom stereocenters. The van der Waals surface area contributed by atoms with Crippen LogP contribution in [0.1, 0.15) is 55.5 Å². The zero-order chi connectivity index (χ0) is 18.1. The minimum atomic E-state index is -1.43. The first-order valence-electron chi connectivity index (χ1n) is 9.14. The summed E-state index contributed by atoms with van der Waals surface area (Å²) in [5.41, 5.74) is 8.14. The van der Waals surface area contributed by atoms with Crippen molar-refractivity contribution in [3.05, 3.63) is 47.2 Å². The molecule has 0 bridgehead atoms. The number of nitrogens with two attached hydrogens (primary N) is 1. The van der Waals surface area contributed by atoms with Crippen LogP contribution in [-0.2, 0) is 5.72 Å². The normalized spacial score (nSPS) is 18.0. The number of nitrogens with one attached hydrogen (secondary N) is 1. The van der Waals surface area contributed by atoms with E-state index in [4.69, 9.17) is 10.7 Å². The molecule has 26 heavy (non-hydrogen) atoms. The second-order valence-electron chi connectivity index (χ2n) is 7.28. The number of nitrogens with zero attached hydrogens (tertiary/aromatic N) is 2. The van der Waals surface area contributed by atoms with Gasteiger partial charge in [0.1, 0.15) is 5.72 Å². The minimum absolute atomic E-state index is 0.577. The monoisotopic (exact) mass is 368 g/mol. The van der Waals surface area contributed by atoms with E-state index in [9.17, 15) is 5.11 Å². The lowest BCUT2D eigenvalue weighted by molar-refractivity contribution is 0.0654. The Labute approximate surface area is 157 Å². The first-order chi connectivity index (χ1) is 12.5. The highest BCUT2D eigenvalue weighted by Gasteiger charge is 2.25. The topological polar surface area (TPSA) is 87.8 Å². The summed E-state index contributed by atoms with van der Waals surface area (Å²) in [6, 6.07) is 7.88. The van der Waals surface area contributed by atoms with Crippen LogP contribution in [0.3, 0.4) is 0 Å². The molecule has 0 amide bonds. The smallest absolute Gasteiger partial charge is 0.137 e. The Morgan fingerprint density at radius 1 is 1.23 bits per heavy atom. The fourth-order valence-electron chi connectivity index (χ4n) is 3.71. The zero-order valence-electron chi connectivity index (χ0n) is 14.9. The SMILES string of the molecule is CC(N)(O)c1cc(-c2ccn[nH]2)ccc1-c1cnc(C2CCCCC2)s1. The third kappa shape index (κ3) is 3.45. The van der Waals surface area contributed by atoms with Gasteiger partial charge in [0.05, 0.1) is 15.6 Å². The Kier molecular flexibility index (Phi) is 4.65. The van der Waals surface area contributed by atoms with Crippen molar-refractivity contribution in [3.8, 4) is 21.7 Å². The number of aromatic nitrogens is 3. The average molecular weight is 369 g/mol. The highest BCUT2D eigenvalue weighted by atomic mass is 32.1. The van der Waals surface area contributed by atoms with Crippen LogP contribution >= 0.6 is 11.3 Å². The molecular weight excluding hydrogens is 344 g/mol. The molecule has 5 nitrogen and oxygen atoms in total. The molecule has 4 N–H and O–H groups in total. The third-order valence-electron chi connectivity index (χ3n) is 5.12. The highest BCUT2D eigenvalue weighted by Crippen LogP contribution is 2.40. The van der Waals surface area contributed by atoms with E-state index in [1.165, 1.54) is 37.1 Å². The van der Waals surface area contributed by atoms with E-state index in [1.54, 1.807) is 24.5 Å². The molecule has 1 aliphatic rings. The second-order valence-corrected chi connectivity index (χ2v) is 8.34. The largest absolute Gasteiger partial charge is 0.372 e. The highest BCUT2D eigenvalue weighted by molar-refractivity contribution is 7.15. The molecule has 2 aromatic heterocycles. The van der Waals surface area contributed by atoms with E-state index in [0.717, 1.165) is 21.7 Å². The van der Waals surface area contributed by atoms with Gasteiger partial charge in [-0.2, -0.15) is 5.10 Å². The number of thiazole rings is 1. The Balaban J connectivity index is 1.73. The lowest BCUT2D eigenvalue weighted by Crippen LogP contribution is -2.32. The fourth-order valence-corrected chi connectivity index (χ4v) is 4.84. The third-order valence-corrected chi connectivity index (χ3v) is 6.31. The summed E-state index contributed by atoms with van der Waals surface area (Å²) in [4.78, 5) is 5.75. The van der Waals surface area contributed by atoms with Crippen molar-refractivity contribution in [2.75, 3.05) is 0 Å². The molecule has 1 aliphatic carbocycles. The average Bonchev–Trinajstić information content (AvgIpc) is 3.33. The van der Waals surface area contributed by atoms with E-state index in [-0.39, 0.29) is 0 Å². The van der Waals surface area contributed by atoms with Crippen molar-refractivity contribution in [3.63, 3.8) is 0 Å². The maximum atomic E-state index is 10.5. The molecule has 0 saturated heterocycles. The molecule has 0 spiro atoms. The van der Waals surface area contributed by atoms with E-state index >= 15 is 0 Å². The van der Waals surface area contributed by atoms with Crippen LogP contribution < -0.4 is 5.73 Å². The zero-order valence-corrected chi connectivity index (χ0v) is 15.7. The number of benzene rings is 1. The summed E-state index contributed by atoms with van der Waals surface area (Å²) in [7, 11) is 0. The van der Waals surface area contributed by atoms with Gasteiger partial charge in [0.2, 0.25) is 0 Å². The van der Waals surface area contributed by atoms with Gasteiger partial charge in [-0.3, -0.25) is 5.10 Å². The first kappa shape index (κ1) is 17.4. The lowest BCUT2D eigenvalue weighted by Gasteiger charge is -2.22. The van der Waals surface area contributed by atoms with E-state index < -0.39 is 5.72 Å². The molecule has 0 aliphatic heterocycles. The van der Waals surface area contributed by atoms with Gasteiger partial charge in [0.25, 0.3) is 0 Å². The second kappa shape index (κ2) is 6.95. The number of hydrogen-bond acceptors (Lipinski definition) is 5. The number of hydrogen-bond donors (Lipinski definition) is 3. The molecule has 1 saturated carbocycles. The Bertz CT molecular complexity index is 874. The maximum absolute atomic E-state index is 10.5. The van der Waals surface area contributed by atoms with Crippen LogP contribution in [0.15, 0.2) is 36.7 Å². The van der Waals surface area contributed by atoms with E-state index in [0.29, 0.717) is 11.5 Å². The first-order valence-corrected chi connectivity index (χ1v) is 9.95. The van der Waals surface area contributed by atoms with Crippen molar-refractivity contribution in [2.24, 2.45) is 5.73 Å². The summed E-state index contributed by atoms with van der Waals surface area (Å²) in [5, 5.41) is 18.7. The number of H-pyrrole nitrogens is 1. The summed E-state index contributed by atoms with van der Waals surface area (Å²) >= 11 is 1.73. The van der Waals surface area contributed by atoms with Crippen LogP contribution in [0.25, 0.3) is 21.7 Å². The predicted octanol–water partition coefficient (Wildman–Crippen LogP) is 4.37. The maximum Gasteiger partial charge on any atom is 0.137 e. The molecule has 2 heterocycles. The van der Waals surface area contributed by atoms with Gasteiger partial charge in [-0.15, -0.1) is 11.3 Å². The lowest BCUT2D eigenvalue weighted by atomic mass is 9.90. The van der Waals surface area contributed by atoms with Gasteiger partial charge < -0.3 is 10.8 Å². The van der Waals surface area contributed by atoms with Crippen molar-refractivity contribution < 1.29 is 5.11 Å². The van der Waals surface area contributed by atoms with Gasteiger partial charge in [0, 0.05) is 29.4 Å². The molecule has 6 heteroatoms. The van der Waals surface area contributed by atoms with Crippen LogP contribution in [0.5, 0.6) is 0 Å². The number of aromatic amines is 1. The molecular formula is C20H24N4OS. The van der Waals surface area contributed by atoms with Crippen LogP contribution in [0.4, 0.5) is 0 Å². The molecule has 3 aromatic rings. The minimum Gasteiger partial charge on any atom is -0.372 e. The van der Waals surface area contributed by atoms with E-state index in [2.05, 4.69) is 10.2 Å². The standard InChI is InChI=1S/C20H24N4OS/c1-20(21,25)16-11-14(17-9-10-23-24-17)7-8-15(16)18-12-22-19(26-18)13-5-3-2-4-6-13/h7-13,25H,2-6,21H2,1H3,(H,23,24). The van der Waals surface area contributed by atoms with Crippen molar-refractivity contribution in [1.82, 2.24) is 15.2 Å². The van der Waals surface area contributed by atoms with Gasteiger partial charge in [-0.05, 0) is 37.5 Å². The van der Waals surface area contributed by atoms with Crippen molar-refractivity contribution in [1.29, 1.82) is 0 Å². The quantitative estimate of drug-likeness (QED) is 0.597. The summed E-state index contributed by atoms with van der Waals surface area (Å²) < 4.78 is 0. The molecule has 4 rings (SSSR count). The van der Waals surface area contributed by atoms with E-state index in [1.807, 2.05) is 30.5 Å². The van der Waals surface area contributed by atoms with Crippen molar-refractivity contribution >= 4 is 11.3 Å². The van der Waals surface area contributed by atoms with Gasteiger partial charge in [0.15, 0.2) is 0 Å². The Hall–Kier alpha value is -2.02. The Morgan fingerprint density at radius 2 is 2.04 bits per heavy atom. The number of aliphatic hydroxyl groups is 1. The van der Waals surface area contributed by atoms with Gasteiger partial charge in [-0.25, -0.2) is 4.98 Å². The molecule has 0 radical (unpaired) electrons. The molecule has 1 unspecified atom stereocenters. The summed E-state index contributed by atoms with van der Waals surface area (Å²) in [6.07, 6.45) is 10.0. The van der Waals surface area contributed by atoms with Crippen LogP contribution in [0, 0.1) is 0 Å². The molecule has 1 fully saturated rings. The summed E-state index contributed by atoms with van der Waals surface area (Å²) in [5.74, 6) is 0.577. The Morgan fingerprint density at radius 3 is 2.73 bits per heavy atom. The van der Waals surface area contributed by atoms with Crippen LogP contribution in [-0.4, -0.2) is 20.3 Å². The summed E-state index contributed by atoms with van der Waals surface area (Å²) in [6.45, 7) is 1.62. The molecule has 136 valence electrons. The van der Waals surface area contributed by atoms with Crippen molar-refractivity contribution in [2.45, 2.75) is 50.7 Å². The fraction of sp³-hybridized carbons (Fsp3) is 0.400. The number of rotatable bonds is 4. The van der Waals surface area contributed by atoms with Gasteiger partial charge in [-0.1, -0.05) is 31.4 Å². The predicted molar refractivity (Wildman–Crippen MR) is 105 cm³/mol.